The maximum Gasteiger partial charge on any atom is 0.165 e. The molecule has 4 aromatic rings. The molecule has 134 valence electrons. The van der Waals surface area contributed by atoms with E-state index < -0.39 is 0 Å². The molecule has 0 bridgehead atoms. The molecule has 27 heavy (non-hydrogen) atoms. The lowest BCUT2D eigenvalue weighted by Crippen LogP contribution is -1.97. The number of pyridine rings is 1. The Kier molecular flexibility index (Phi) is 4.46. The molecule has 6 heteroatoms. The number of hydrogen-bond acceptors (Lipinski definition) is 4. The minimum Gasteiger partial charge on any atom is -0.494 e. The van der Waals surface area contributed by atoms with Gasteiger partial charge in [-0.2, -0.15) is 5.26 Å². The van der Waals surface area contributed by atoms with Crippen molar-refractivity contribution >= 4 is 28.4 Å². The number of benzene rings is 2. The molecule has 0 aliphatic rings. The molecule has 0 saturated heterocycles. The molecule has 0 atom stereocenters. The van der Waals surface area contributed by atoms with E-state index in [0.717, 1.165) is 27.2 Å². The number of ether oxygens (including phenoxy) is 1. The average Bonchev–Trinajstić information content (AvgIpc) is 3.05. The summed E-state index contributed by atoms with van der Waals surface area (Å²) in [6.07, 6.45) is 0. The van der Waals surface area contributed by atoms with Gasteiger partial charge in [0, 0.05) is 5.75 Å². The zero-order valence-electron chi connectivity index (χ0n) is 14.9. The molecule has 0 aliphatic carbocycles. The standard InChI is InChI=1S/C21H16FN3OS/c1-13-9-20(27-12-14-7-8-19(26-2)16(22)10-14)25-18-6-4-3-5-17(18)24-21(25)15(13)11-23/h3-10H,12H2,1-2H3. The van der Waals surface area contributed by atoms with Crippen LogP contribution in [0.1, 0.15) is 16.7 Å². The number of methoxy groups -OCH3 is 1. The Hall–Kier alpha value is -3.04. The highest BCUT2D eigenvalue weighted by atomic mass is 32.2. The number of rotatable bonds is 4. The van der Waals surface area contributed by atoms with E-state index in [1.54, 1.807) is 17.8 Å². The van der Waals surface area contributed by atoms with E-state index in [1.165, 1.54) is 13.2 Å². The van der Waals surface area contributed by atoms with E-state index in [0.29, 0.717) is 17.0 Å². The summed E-state index contributed by atoms with van der Waals surface area (Å²) in [4.78, 5) is 4.65. The third-order valence-electron chi connectivity index (χ3n) is 4.45. The van der Waals surface area contributed by atoms with Crippen molar-refractivity contribution in [3.05, 3.63) is 71.0 Å². The normalized spacial score (nSPS) is 11.0. The number of imidazole rings is 1. The van der Waals surface area contributed by atoms with Gasteiger partial charge in [0.1, 0.15) is 6.07 Å². The summed E-state index contributed by atoms with van der Waals surface area (Å²) in [6.45, 7) is 1.91. The van der Waals surface area contributed by atoms with Crippen LogP contribution in [0.4, 0.5) is 4.39 Å². The van der Waals surface area contributed by atoms with Crippen molar-refractivity contribution < 1.29 is 9.13 Å². The largest absolute Gasteiger partial charge is 0.494 e. The van der Waals surface area contributed by atoms with Crippen LogP contribution in [0.3, 0.4) is 0 Å². The first-order valence-corrected chi connectivity index (χ1v) is 9.37. The van der Waals surface area contributed by atoms with Crippen LogP contribution in [0.15, 0.2) is 53.6 Å². The predicted molar refractivity (Wildman–Crippen MR) is 105 cm³/mol. The molecule has 0 N–H and O–H groups in total. The van der Waals surface area contributed by atoms with Gasteiger partial charge in [0.15, 0.2) is 17.2 Å². The van der Waals surface area contributed by atoms with E-state index in [1.807, 2.05) is 47.7 Å². The maximum absolute atomic E-state index is 14.0. The van der Waals surface area contributed by atoms with Gasteiger partial charge >= 0.3 is 0 Å². The molecule has 0 unspecified atom stereocenters. The first-order valence-electron chi connectivity index (χ1n) is 8.38. The molecule has 0 saturated carbocycles. The van der Waals surface area contributed by atoms with Crippen molar-refractivity contribution in [3.8, 4) is 11.8 Å². The molecule has 4 rings (SSSR count). The minimum absolute atomic E-state index is 0.237. The second kappa shape index (κ2) is 6.93. The molecule has 2 heterocycles. The lowest BCUT2D eigenvalue weighted by atomic mass is 10.2. The molecule has 0 amide bonds. The van der Waals surface area contributed by atoms with Crippen LogP contribution in [0, 0.1) is 24.1 Å². The summed E-state index contributed by atoms with van der Waals surface area (Å²) < 4.78 is 20.9. The quantitative estimate of drug-likeness (QED) is 0.464. The van der Waals surface area contributed by atoms with Crippen molar-refractivity contribution in [2.45, 2.75) is 17.7 Å². The Morgan fingerprint density at radius 1 is 1.22 bits per heavy atom. The fourth-order valence-electron chi connectivity index (χ4n) is 3.12. The molecule has 4 nitrogen and oxygen atoms in total. The first-order chi connectivity index (χ1) is 13.1. The second-order valence-corrected chi connectivity index (χ2v) is 7.17. The molecular formula is C21H16FN3OS. The van der Waals surface area contributed by atoms with Crippen LogP contribution < -0.4 is 4.74 Å². The predicted octanol–water partition coefficient (Wildman–Crippen LogP) is 5.11. The summed E-state index contributed by atoms with van der Waals surface area (Å²) in [5.74, 6) is 0.458. The summed E-state index contributed by atoms with van der Waals surface area (Å²) >= 11 is 1.58. The van der Waals surface area contributed by atoms with E-state index in [9.17, 15) is 9.65 Å². The van der Waals surface area contributed by atoms with Crippen LogP contribution in [0.5, 0.6) is 5.75 Å². The number of nitriles is 1. The van der Waals surface area contributed by atoms with Crippen molar-refractivity contribution in [1.82, 2.24) is 9.38 Å². The highest BCUT2D eigenvalue weighted by molar-refractivity contribution is 7.98. The smallest absolute Gasteiger partial charge is 0.165 e. The van der Waals surface area contributed by atoms with E-state index >= 15 is 0 Å². The lowest BCUT2D eigenvalue weighted by Gasteiger charge is -2.10. The number of hydrogen-bond donors (Lipinski definition) is 0. The topological polar surface area (TPSA) is 50.3 Å². The lowest BCUT2D eigenvalue weighted by molar-refractivity contribution is 0.386. The van der Waals surface area contributed by atoms with Crippen molar-refractivity contribution in [1.29, 1.82) is 5.26 Å². The number of thioether (sulfide) groups is 1. The van der Waals surface area contributed by atoms with E-state index in [4.69, 9.17) is 4.74 Å². The van der Waals surface area contributed by atoms with Crippen LogP contribution in [-0.2, 0) is 5.75 Å². The summed E-state index contributed by atoms with van der Waals surface area (Å²) in [5, 5.41) is 10.5. The summed E-state index contributed by atoms with van der Waals surface area (Å²) in [5.41, 5.74) is 4.76. The molecule has 2 aromatic heterocycles. The van der Waals surface area contributed by atoms with Crippen LogP contribution in [0.2, 0.25) is 0 Å². The number of fused-ring (bicyclic) bond motifs is 3. The van der Waals surface area contributed by atoms with Gasteiger partial charge in [0.2, 0.25) is 0 Å². The number of para-hydroxylation sites is 2. The van der Waals surface area contributed by atoms with Gasteiger partial charge in [-0.05, 0) is 48.4 Å². The Labute approximate surface area is 160 Å². The molecule has 0 aliphatic heterocycles. The number of nitrogens with zero attached hydrogens (tertiary/aromatic N) is 3. The van der Waals surface area contributed by atoms with Crippen LogP contribution >= 0.6 is 11.8 Å². The zero-order valence-corrected chi connectivity index (χ0v) is 15.7. The van der Waals surface area contributed by atoms with Gasteiger partial charge in [0.05, 0.1) is 28.7 Å². The average molecular weight is 377 g/mol. The zero-order chi connectivity index (χ0) is 19.0. The Morgan fingerprint density at radius 3 is 2.78 bits per heavy atom. The monoisotopic (exact) mass is 377 g/mol. The fraction of sp³-hybridized carbons (Fsp3) is 0.143. The van der Waals surface area contributed by atoms with Gasteiger partial charge in [-0.1, -0.05) is 18.2 Å². The molecule has 0 radical (unpaired) electrons. The van der Waals surface area contributed by atoms with Gasteiger partial charge in [-0.15, -0.1) is 11.8 Å². The highest BCUT2D eigenvalue weighted by Crippen LogP contribution is 2.31. The number of aromatic nitrogens is 2. The summed E-state index contributed by atoms with van der Waals surface area (Å²) in [6, 6.07) is 17.0. The molecule has 0 fully saturated rings. The minimum atomic E-state index is -0.371. The SMILES string of the molecule is COc1ccc(CSc2cc(C)c(C#N)c3nc4ccccc4n23)cc1F. The second-order valence-electron chi connectivity index (χ2n) is 6.17. The Bertz CT molecular complexity index is 1210. The van der Waals surface area contributed by atoms with Crippen LogP contribution in [-0.4, -0.2) is 16.5 Å². The fourth-order valence-corrected chi connectivity index (χ4v) is 4.18. The molecular weight excluding hydrogens is 361 g/mol. The number of halogens is 1. The highest BCUT2D eigenvalue weighted by Gasteiger charge is 2.15. The van der Waals surface area contributed by atoms with Gasteiger partial charge in [-0.3, -0.25) is 4.40 Å². The van der Waals surface area contributed by atoms with Crippen molar-refractivity contribution in [2.24, 2.45) is 0 Å². The first kappa shape index (κ1) is 17.4. The Balaban J connectivity index is 1.80. The maximum atomic E-state index is 14.0. The molecule has 0 spiro atoms. The Morgan fingerprint density at radius 2 is 2.04 bits per heavy atom. The van der Waals surface area contributed by atoms with Crippen molar-refractivity contribution in [3.63, 3.8) is 0 Å². The van der Waals surface area contributed by atoms with Gasteiger partial charge < -0.3 is 4.74 Å². The van der Waals surface area contributed by atoms with E-state index in [-0.39, 0.29) is 11.6 Å². The van der Waals surface area contributed by atoms with E-state index in [2.05, 4.69) is 11.1 Å². The van der Waals surface area contributed by atoms with Gasteiger partial charge in [-0.25, -0.2) is 9.37 Å². The third kappa shape index (κ3) is 3.00. The third-order valence-corrected chi connectivity index (χ3v) is 5.53. The number of aryl methyl sites for hydroxylation is 1. The van der Waals surface area contributed by atoms with Gasteiger partial charge in [0.25, 0.3) is 0 Å². The van der Waals surface area contributed by atoms with Crippen LogP contribution in [0.25, 0.3) is 16.7 Å². The molecule has 2 aromatic carbocycles. The van der Waals surface area contributed by atoms with Crippen molar-refractivity contribution in [2.75, 3.05) is 7.11 Å². The summed E-state index contributed by atoms with van der Waals surface area (Å²) in [7, 11) is 1.45.